The van der Waals surface area contributed by atoms with E-state index in [2.05, 4.69) is 11.2 Å². The maximum absolute atomic E-state index is 9.11. The molecule has 0 saturated carbocycles. The predicted molar refractivity (Wildman–Crippen MR) is 37.3 cm³/mol. The van der Waals surface area contributed by atoms with Crippen molar-refractivity contribution in [1.29, 1.82) is 0 Å². The Hall–Kier alpha value is 2.66. The fourth-order valence-electron chi connectivity index (χ4n) is 0. The molecule has 0 spiro atoms. The van der Waals surface area contributed by atoms with Crippen LogP contribution in [0.3, 0.4) is 0 Å². The fourth-order valence-corrected chi connectivity index (χ4v) is 0. The molecule has 0 atom stereocenters. The molecule has 0 aliphatic carbocycles. The molecule has 0 radical (unpaired) electrons. The quantitative estimate of drug-likeness (QED) is 0.378. The molecule has 0 aliphatic heterocycles. The van der Waals surface area contributed by atoms with Gasteiger partial charge in [-0.3, -0.25) is 9.11 Å². The smallest absolute Gasteiger partial charge is 1.00 e. The van der Waals surface area contributed by atoms with Gasteiger partial charge >= 0.3 is 51.4 Å². The van der Waals surface area contributed by atoms with E-state index < -0.39 is 9.05 Å². The molecule has 0 saturated heterocycles. The zero-order chi connectivity index (χ0) is 4.50. The Morgan fingerprint density at radius 3 is 1.57 bits per heavy atom. The van der Waals surface area contributed by atoms with Crippen LogP contribution >= 0.6 is 24.0 Å². The molecule has 0 aromatic rings. The second kappa shape index (κ2) is 6.77. The van der Waals surface area contributed by atoms with Crippen LogP contribution in [0, 0.1) is 0 Å². The third-order valence-corrected chi connectivity index (χ3v) is 0. The minimum absolute atomic E-state index is 0. The van der Waals surface area contributed by atoms with Crippen molar-refractivity contribution in [3.63, 3.8) is 0 Å². The first-order valence-corrected chi connectivity index (χ1v) is 3.10. The van der Waals surface area contributed by atoms with E-state index in [4.69, 9.17) is 13.3 Å². The molecule has 0 aliphatic rings. The Balaban J connectivity index is -0.0000000267. The Labute approximate surface area is 108 Å². The van der Waals surface area contributed by atoms with E-state index in [1.807, 2.05) is 0 Å². The van der Waals surface area contributed by atoms with Crippen molar-refractivity contribution in [2.45, 2.75) is 0 Å². The molecule has 0 bridgehead atoms. The van der Waals surface area contributed by atoms with E-state index in [0.717, 1.165) is 0 Å². The Morgan fingerprint density at radius 2 is 1.57 bits per heavy atom. The Kier molecular flexibility index (Phi) is 15.8. The minimum atomic E-state index is -3.83. The maximum atomic E-state index is 9.11. The summed E-state index contributed by atoms with van der Waals surface area (Å²) in [6, 6.07) is 0. The van der Waals surface area contributed by atoms with Crippen LogP contribution in [0.15, 0.2) is 0 Å². The molecule has 3 nitrogen and oxygen atoms in total. The van der Waals surface area contributed by atoms with Gasteiger partial charge in [-0.1, -0.05) is 0 Å². The summed E-state index contributed by atoms with van der Waals surface area (Å²) < 4.78 is 24.0. The van der Waals surface area contributed by atoms with Crippen LogP contribution in [0.2, 0.25) is 0 Å². The van der Waals surface area contributed by atoms with Crippen molar-refractivity contribution in [1.82, 2.24) is 0 Å². The zero-order valence-corrected chi connectivity index (χ0v) is 10.6. The normalized spacial score (nSPS) is 8.29. The van der Waals surface area contributed by atoms with Crippen molar-refractivity contribution in [2.24, 2.45) is 0 Å². The van der Waals surface area contributed by atoms with Crippen molar-refractivity contribution in [3.05, 3.63) is 0 Å². The van der Waals surface area contributed by atoms with Gasteiger partial charge in [-0.05, 0) is 0 Å². The summed E-state index contributed by atoms with van der Waals surface area (Å²) in [6.45, 7) is 0. The molecule has 0 aromatic heterocycles. The predicted octanol–water partition coefficient (Wildman–Crippen LogP) is -2.59. The topological polar surface area (TPSA) is 57.5 Å². The van der Waals surface area contributed by atoms with Crippen LogP contribution in [-0.2, 0) is 20.2 Å². The van der Waals surface area contributed by atoms with Gasteiger partial charge in [-0.2, -0.15) is 4.21 Å². The molecule has 0 rings (SSSR count). The molecule has 7 heteroatoms. The monoisotopic (exact) mass is 282 g/mol. The van der Waals surface area contributed by atoms with E-state index in [9.17, 15) is 0 Å². The number of halogens is 1. The molecule has 42 valence electrons. The summed E-state index contributed by atoms with van der Waals surface area (Å²) >= 11 is 3.47. The summed E-state index contributed by atoms with van der Waals surface area (Å²) in [4.78, 5) is 0. The second-order valence-electron chi connectivity index (χ2n) is 0.448. The molecular formula is H4IKO3S2. The summed E-state index contributed by atoms with van der Waals surface area (Å²) in [5, 5.41) is 0. The van der Waals surface area contributed by atoms with E-state index in [1.165, 1.54) is 0 Å². The second-order valence-corrected chi connectivity index (χ2v) is 2.65. The SMILES string of the molecule is I.O=S(O)(O)=S.[H-].[K+]. The third kappa shape index (κ3) is 54.4. The van der Waals surface area contributed by atoms with Gasteiger partial charge in [0.05, 0.1) is 0 Å². The fraction of sp³-hybridized carbons (Fsp3) is 0. The molecule has 0 unspecified atom stereocenters. The Bertz CT molecular complexity index is 100. The summed E-state index contributed by atoms with van der Waals surface area (Å²) in [5.41, 5.74) is 0. The number of hydrogen-bond acceptors (Lipinski definition) is 2. The largest absolute Gasteiger partial charge is 1.00 e. The van der Waals surface area contributed by atoms with Gasteiger partial charge in [-0.15, -0.1) is 24.0 Å². The first-order valence-electron chi connectivity index (χ1n) is 0.698. The first kappa shape index (κ1) is 16.3. The Morgan fingerprint density at radius 1 is 1.57 bits per heavy atom. The average Bonchev–Trinajstić information content (AvgIpc) is 0.722. The molecule has 0 amide bonds. The standard InChI is InChI=1S/HI.K.H2O3S2.H/c;;1-5(2,3)4;/h1H;;(H2,1,2,3,4);/q;+1;;-1. The van der Waals surface area contributed by atoms with Gasteiger partial charge in [0.1, 0.15) is 0 Å². The maximum Gasteiger partial charge on any atom is 1.00 e. The van der Waals surface area contributed by atoms with E-state index in [-0.39, 0.29) is 76.8 Å². The van der Waals surface area contributed by atoms with Crippen LogP contribution in [0.5, 0.6) is 0 Å². The van der Waals surface area contributed by atoms with Crippen LogP contribution in [0.25, 0.3) is 0 Å². The van der Waals surface area contributed by atoms with Crippen LogP contribution < -0.4 is 51.4 Å². The third-order valence-electron chi connectivity index (χ3n) is 0. The molecule has 0 heterocycles. The minimum Gasteiger partial charge on any atom is -1.00 e. The van der Waals surface area contributed by atoms with Gasteiger partial charge in [0.2, 0.25) is 0 Å². The molecule has 0 fully saturated rings. The van der Waals surface area contributed by atoms with Crippen LogP contribution in [-0.4, -0.2) is 13.3 Å². The van der Waals surface area contributed by atoms with Crippen LogP contribution in [0.4, 0.5) is 0 Å². The molecular weight excluding hydrogens is 278 g/mol. The summed E-state index contributed by atoms with van der Waals surface area (Å²) in [5.74, 6) is 0. The molecule has 7 heavy (non-hydrogen) atoms. The summed E-state index contributed by atoms with van der Waals surface area (Å²) in [7, 11) is -3.83. The van der Waals surface area contributed by atoms with Crippen LogP contribution in [0.1, 0.15) is 1.43 Å². The van der Waals surface area contributed by atoms with Crippen molar-refractivity contribution in [3.8, 4) is 0 Å². The zero-order valence-electron chi connectivity index (χ0n) is 4.53. The first-order chi connectivity index (χ1) is 2.00. The van der Waals surface area contributed by atoms with Gasteiger partial charge in [0, 0.05) is 11.2 Å². The van der Waals surface area contributed by atoms with Gasteiger partial charge in [-0.25, -0.2) is 0 Å². The van der Waals surface area contributed by atoms with Crippen molar-refractivity contribution < 1.29 is 66.1 Å². The summed E-state index contributed by atoms with van der Waals surface area (Å²) in [6.07, 6.45) is 0. The van der Waals surface area contributed by atoms with Crippen molar-refractivity contribution >= 4 is 44.2 Å². The van der Waals surface area contributed by atoms with Gasteiger partial charge in [0.15, 0.2) is 0 Å². The van der Waals surface area contributed by atoms with Gasteiger partial charge < -0.3 is 1.43 Å². The van der Waals surface area contributed by atoms with Crippen molar-refractivity contribution in [2.75, 3.05) is 0 Å². The number of hydrogen-bond donors (Lipinski definition) is 2. The number of rotatable bonds is 0. The molecule has 2 N–H and O–H groups in total. The van der Waals surface area contributed by atoms with Gasteiger partial charge in [0.25, 0.3) is 9.05 Å². The molecule has 0 aromatic carbocycles. The van der Waals surface area contributed by atoms with E-state index in [0.29, 0.717) is 0 Å². The average molecular weight is 282 g/mol. The van der Waals surface area contributed by atoms with E-state index in [1.54, 1.807) is 0 Å². The van der Waals surface area contributed by atoms with E-state index >= 15 is 0 Å².